The summed E-state index contributed by atoms with van der Waals surface area (Å²) in [6, 6.07) is 14.4. The quantitative estimate of drug-likeness (QED) is 0.515. The van der Waals surface area contributed by atoms with E-state index in [0.29, 0.717) is 25.8 Å². The van der Waals surface area contributed by atoms with Gasteiger partial charge in [-0.25, -0.2) is 0 Å². The number of piperidine rings is 1. The van der Waals surface area contributed by atoms with Crippen LogP contribution in [0.15, 0.2) is 53.3 Å². The summed E-state index contributed by atoms with van der Waals surface area (Å²) < 4.78 is 18.7. The van der Waals surface area contributed by atoms with E-state index in [9.17, 15) is 4.79 Å². The van der Waals surface area contributed by atoms with Gasteiger partial charge in [0, 0.05) is 43.2 Å². The second kappa shape index (κ2) is 11.2. The summed E-state index contributed by atoms with van der Waals surface area (Å²) in [5.41, 5.74) is 3.11. The molecule has 1 aromatic heterocycles. The first-order chi connectivity index (χ1) is 17.6. The molecule has 0 saturated carbocycles. The Labute approximate surface area is 212 Å². The second-order valence-electron chi connectivity index (χ2n) is 9.45. The Hall–Kier alpha value is -3.29. The third-order valence-electron chi connectivity index (χ3n) is 7.13. The number of hydrogen-bond donors (Lipinski definition) is 1. The highest BCUT2D eigenvalue weighted by atomic mass is 16.6. The van der Waals surface area contributed by atoms with Gasteiger partial charge in [0.25, 0.3) is 5.56 Å². The van der Waals surface area contributed by atoms with Crippen LogP contribution < -0.4 is 25.1 Å². The van der Waals surface area contributed by atoms with E-state index in [1.165, 1.54) is 5.56 Å². The second-order valence-corrected chi connectivity index (χ2v) is 9.45. The maximum absolute atomic E-state index is 13.0. The molecule has 2 aromatic carbocycles. The molecule has 2 aliphatic rings. The summed E-state index contributed by atoms with van der Waals surface area (Å²) in [6.45, 7) is 7.56. The largest absolute Gasteiger partial charge is 0.497 e. The summed E-state index contributed by atoms with van der Waals surface area (Å²) in [7, 11) is 1.66. The number of allylic oxidation sites excluding steroid dienone is 1. The van der Waals surface area contributed by atoms with Gasteiger partial charge in [-0.05, 0) is 68.2 Å². The van der Waals surface area contributed by atoms with Crippen molar-refractivity contribution in [2.75, 3.05) is 40.0 Å². The molecule has 3 heterocycles. The minimum atomic E-state index is 0.0276. The number of benzene rings is 2. The number of methoxy groups -OCH3 is 1. The van der Waals surface area contributed by atoms with E-state index in [0.717, 1.165) is 72.7 Å². The van der Waals surface area contributed by atoms with Crippen LogP contribution in [0.2, 0.25) is 0 Å². The molecule has 3 aromatic rings. The lowest BCUT2D eigenvalue weighted by Gasteiger charge is -2.32. The van der Waals surface area contributed by atoms with Crippen molar-refractivity contribution in [2.24, 2.45) is 0 Å². The maximum Gasteiger partial charge on any atom is 0.251 e. The number of ether oxygens (including phenoxy) is 3. The van der Waals surface area contributed by atoms with Gasteiger partial charge in [0.15, 0.2) is 11.5 Å². The highest BCUT2D eigenvalue weighted by Gasteiger charge is 2.20. The summed E-state index contributed by atoms with van der Waals surface area (Å²) in [4.78, 5) is 15.5. The number of aromatic nitrogens is 1. The Morgan fingerprint density at radius 2 is 1.83 bits per heavy atom. The van der Waals surface area contributed by atoms with Crippen molar-refractivity contribution in [1.29, 1.82) is 0 Å². The number of pyridine rings is 1. The summed E-state index contributed by atoms with van der Waals surface area (Å²) in [5, 5.41) is 4.77. The van der Waals surface area contributed by atoms with Crippen LogP contribution in [0.3, 0.4) is 0 Å². The van der Waals surface area contributed by atoms with Gasteiger partial charge in [0.2, 0.25) is 0 Å². The Morgan fingerprint density at radius 3 is 2.61 bits per heavy atom. The van der Waals surface area contributed by atoms with Gasteiger partial charge in [0.1, 0.15) is 19.0 Å². The predicted octanol–water partition coefficient (Wildman–Crippen LogP) is 4.07. The minimum absolute atomic E-state index is 0.0276. The van der Waals surface area contributed by atoms with Crippen LogP contribution in [0.25, 0.3) is 17.0 Å². The summed E-state index contributed by atoms with van der Waals surface area (Å²) in [6.07, 6.45) is 6.14. The standard InChI is InChI=1S/C29H35N3O4/c1-3-4-22-18-29(33)32(26-19-24(34-2)6-7-25(22)26)14-13-31-11-9-23(10-12-31)30-20-21-5-8-27-28(17-21)36-16-15-35-27/h3-8,17-19,23,30H,9-16,20H2,1-2H3/b4-3+. The van der Waals surface area contributed by atoms with Crippen LogP contribution >= 0.6 is 0 Å². The van der Waals surface area contributed by atoms with Crippen LogP contribution in [0.1, 0.15) is 30.9 Å². The van der Waals surface area contributed by atoms with Gasteiger partial charge in [-0.2, -0.15) is 0 Å². The van der Waals surface area contributed by atoms with E-state index < -0.39 is 0 Å². The first kappa shape index (κ1) is 24.4. The zero-order valence-electron chi connectivity index (χ0n) is 21.2. The SMILES string of the molecule is C/C=C/c1cc(=O)n(CCN2CCC(NCc3ccc4c(c3)OCCO4)CC2)c2cc(OC)ccc12. The molecular formula is C29H35N3O4. The minimum Gasteiger partial charge on any atom is -0.497 e. The molecule has 5 rings (SSSR count). The highest BCUT2D eigenvalue weighted by molar-refractivity contribution is 5.89. The van der Waals surface area contributed by atoms with Crippen molar-refractivity contribution in [2.45, 2.75) is 38.9 Å². The fraction of sp³-hybridized carbons (Fsp3) is 0.414. The molecule has 0 amide bonds. The number of hydrogen-bond acceptors (Lipinski definition) is 6. The lowest BCUT2D eigenvalue weighted by atomic mass is 10.0. The molecule has 0 aliphatic carbocycles. The molecule has 1 fully saturated rings. The summed E-state index contributed by atoms with van der Waals surface area (Å²) in [5.74, 6) is 2.44. The van der Waals surface area contributed by atoms with Crippen molar-refractivity contribution in [3.8, 4) is 17.2 Å². The van der Waals surface area contributed by atoms with Gasteiger partial charge in [0.05, 0.1) is 12.6 Å². The van der Waals surface area contributed by atoms with E-state index in [-0.39, 0.29) is 5.56 Å². The van der Waals surface area contributed by atoms with E-state index in [1.807, 2.05) is 47.9 Å². The number of nitrogens with zero attached hydrogens (tertiary/aromatic N) is 2. The number of likely N-dealkylation sites (tertiary alicyclic amines) is 1. The lowest BCUT2D eigenvalue weighted by molar-refractivity contribution is 0.171. The third kappa shape index (κ3) is 5.42. The zero-order valence-corrected chi connectivity index (χ0v) is 21.2. The first-order valence-corrected chi connectivity index (χ1v) is 12.8. The molecule has 2 aliphatic heterocycles. The predicted molar refractivity (Wildman–Crippen MR) is 143 cm³/mol. The van der Waals surface area contributed by atoms with Crippen molar-refractivity contribution in [3.63, 3.8) is 0 Å². The van der Waals surface area contributed by atoms with Gasteiger partial charge >= 0.3 is 0 Å². The molecule has 0 unspecified atom stereocenters. The maximum atomic E-state index is 13.0. The Kier molecular flexibility index (Phi) is 7.58. The fourth-order valence-electron chi connectivity index (χ4n) is 5.12. The number of nitrogens with one attached hydrogen (secondary N) is 1. The van der Waals surface area contributed by atoms with E-state index in [4.69, 9.17) is 14.2 Å². The van der Waals surface area contributed by atoms with E-state index in [1.54, 1.807) is 13.2 Å². The molecule has 0 radical (unpaired) electrons. The molecule has 1 saturated heterocycles. The van der Waals surface area contributed by atoms with Crippen molar-refractivity contribution in [3.05, 3.63) is 70.0 Å². The first-order valence-electron chi connectivity index (χ1n) is 12.8. The normalized spacial score (nSPS) is 16.6. The topological polar surface area (TPSA) is 65.0 Å². The Balaban J connectivity index is 1.18. The van der Waals surface area contributed by atoms with E-state index >= 15 is 0 Å². The monoisotopic (exact) mass is 489 g/mol. The van der Waals surface area contributed by atoms with E-state index in [2.05, 4.69) is 22.3 Å². The number of rotatable bonds is 8. The molecule has 1 N–H and O–H groups in total. The van der Waals surface area contributed by atoms with Gasteiger partial charge in [-0.15, -0.1) is 0 Å². The van der Waals surface area contributed by atoms with Crippen molar-refractivity contribution < 1.29 is 14.2 Å². The van der Waals surface area contributed by atoms with Gasteiger partial charge in [-0.3, -0.25) is 4.79 Å². The molecule has 7 heteroatoms. The van der Waals surface area contributed by atoms with Crippen molar-refractivity contribution in [1.82, 2.24) is 14.8 Å². The molecule has 0 bridgehead atoms. The Morgan fingerprint density at radius 1 is 1.03 bits per heavy atom. The van der Waals surface area contributed by atoms with Crippen molar-refractivity contribution >= 4 is 17.0 Å². The molecule has 7 nitrogen and oxygen atoms in total. The third-order valence-corrected chi connectivity index (χ3v) is 7.13. The van der Waals surface area contributed by atoms with Gasteiger partial charge in [-0.1, -0.05) is 18.2 Å². The highest BCUT2D eigenvalue weighted by Crippen LogP contribution is 2.31. The number of fused-ring (bicyclic) bond motifs is 2. The van der Waals surface area contributed by atoms with Crippen LogP contribution in [0.4, 0.5) is 0 Å². The molecular weight excluding hydrogens is 454 g/mol. The smallest absolute Gasteiger partial charge is 0.251 e. The Bertz CT molecular complexity index is 1290. The van der Waals surface area contributed by atoms with Crippen LogP contribution in [-0.4, -0.2) is 55.5 Å². The average Bonchev–Trinajstić information content (AvgIpc) is 2.92. The lowest BCUT2D eigenvalue weighted by Crippen LogP contribution is -2.43. The summed E-state index contributed by atoms with van der Waals surface area (Å²) >= 11 is 0. The fourth-order valence-corrected chi connectivity index (χ4v) is 5.12. The van der Waals surface area contributed by atoms with Crippen LogP contribution in [0, 0.1) is 0 Å². The van der Waals surface area contributed by atoms with Crippen LogP contribution in [0.5, 0.6) is 17.2 Å². The van der Waals surface area contributed by atoms with Gasteiger partial charge < -0.3 is 29.0 Å². The zero-order chi connectivity index (χ0) is 24.9. The molecule has 36 heavy (non-hydrogen) atoms. The average molecular weight is 490 g/mol. The molecule has 0 spiro atoms. The van der Waals surface area contributed by atoms with Crippen LogP contribution in [-0.2, 0) is 13.1 Å². The molecule has 0 atom stereocenters. The molecule has 190 valence electrons.